The predicted molar refractivity (Wildman–Crippen MR) is 115 cm³/mol. The minimum atomic E-state index is -0.520. The van der Waals surface area contributed by atoms with Crippen LogP contribution in [0.1, 0.15) is 27.7 Å². The third-order valence-electron chi connectivity index (χ3n) is 4.71. The van der Waals surface area contributed by atoms with Gasteiger partial charge >= 0.3 is 5.97 Å². The molecule has 158 valence electrons. The molecule has 1 atom stereocenters. The summed E-state index contributed by atoms with van der Waals surface area (Å²) in [6, 6.07) is 14.3. The molecule has 0 saturated carbocycles. The van der Waals surface area contributed by atoms with Gasteiger partial charge < -0.3 is 14.8 Å². The van der Waals surface area contributed by atoms with Gasteiger partial charge in [-0.1, -0.05) is 36.4 Å². The molecule has 3 rings (SSSR count). The number of amides is 1. The Morgan fingerprint density at radius 3 is 2.60 bits per heavy atom. The van der Waals surface area contributed by atoms with E-state index in [1.165, 1.54) is 24.5 Å². The predicted octanol–water partition coefficient (Wildman–Crippen LogP) is 4.34. The van der Waals surface area contributed by atoms with Crippen LogP contribution in [0.2, 0.25) is 0 Å². The van der Waals surface area contributed by atoms with Gasteiger partial charge in [0.05, 0.1) is 24.0 Å². The van der Waals surface area contributed by atoms with E-state index in [2.05, 4.69) is 5.32 Å². The van der Waals surface area contributed by atoms with Crippen LogP contribution in [-0.4, -0.2) is 32.1 Å². The molecule has 0 radical (unpaired) electrons. The number of esters is 1. The number of thiophene rings is 1. The molecule has 0 fully saturated rings. The van der Waals surface area contributed by atoms with E-state index in [1.54, 1.807) is 19.1 Å². The summed E-state index contributed by atoms with van der Waals surface area (Å²) < 4.78 is 25.4. The van der Waals surface area contributed by atoms with Gasteiger partial charge in [-0.05, 0) is 31.0 Å². The first-order valence-corrected chi connectivity index (χ1v) is 10.5. The van der Waals surface area contributed by atoms with Crippen molar-refractivity contribution in [2.24, 2.45) is 5.92 Å². The van der Waals surface area contributed by atoms with E-state index >= 15 is 0 Å². The van der Waals surface area contributed by atoms with Gasteiger partial charge in [0, 0.05) is 29.3 Å². The van der Waals surface area contributed by atoms with E-state index in [-0.39, 0.29) is 37.5 Å². The summed E-state index contributed by atoms with van der Waals surface area (Å²) in [5, 5.41) is 3.23. The second kappa shape index (κ2) is 10.3. The fourth-order valence-corrected chi connectivity index (χ4v) is 4.46. The molecule has 0 saturated heterocycles. The van der Waals surface area contributed by atoms with Crippen LogP contribution in [0, 0.1) is 11.7 Å². The van der Waals surface area contributed by atoms with Crippen LogP contribution in [0.15, 0.2) is 48.5 Å². The second-order valence-electron chi connectivity index (χ2n) is 6.80. The highest BCUT2D eigenvalue weighted by molar-refractivity contribution is 7.21. The van der Waals surface area contributed by atoms with Crippen LogP contribution in [0.3, 0.4) is 0 Å². The Morgan fingerprint density at radius 2 is 1.90 bits per heavy atom. The number of hydrogen-bond acceptors (Lipinski definition) is 5. The number of nitrogens with one attached hydrogen (secondary N) is 1. The van der Waals surface area contributed by atoms with Crippen molar-refractivity contribution >= 4 is 33.3 Å². The van der Waals surface area contributed by atoms with Crippen LogP contribution in [0.25, 0.3) is 10.1 Å². The molecule has 1 unspecified atom stereocenters. The van der Waals surface area contributed by atoms with E-state index in [4.69, 9.17) is 9.47 Å². The largest absolute Gasteiger partial charge is 0.466 e. The summed E-state index contributed by atoms with van der Waals surface area (Å²) in [6.45, 7) is 2.26. The third kappa shape index (κ3) is 5.04. The maximum Gasteiger partial charge on any atom is 0.311 e. The van der Waals surface area contributed by atoms with Crippen LogP contribution in [0.4, 0.5) is 4.39 Å². The molecule has 0 aliphatic heterocycles. The molecule has 7 heteroatoms. The normalized spacial score (nSPS) is 12.0. The van der Waals surface area contributed by atoms with Crippen molar-refractivity contribution < 1.29 is 23.5 Å². The van der Waals surface area contributed by atoms with Crippen molar-refractivity contribution in [2.75, 3.05) is 20.3 Å². The molecule has 1 N–H and O–H groups in total. The summed E-state index contributed by atoms with van der Waals surface area (Å²) in [6.07, 6.45) is 0.450. The summed E-state index contributed by atoms with van der Waals surface area (Å²) in [4.78, 5) is 25.7. The van der Waals surface area contributed by atoms with Crippen molar-refractivity contribution in [2.45, 2.75) is 20.0 Å². The molecule has 2 aromatic carbocycles. The highest BCUT2D eigenvalue weighted by atomic mass is 32.1. The van der Waals surface area contributed by atoms with Crippen molar-refractivity contribution in [3.05, 3.63) is 70.4 Å². The Labute approximate surface area is 178 Å². The van der Waals surface area contributed by atoms with Crippen molar-refractivity contribution in [1.29, 1.82) is 0 Å². The van der Waals surface area contributed by atoms with Crippen LogP contribution < -0.4 is 5.32 Å². The maximum atomic E-state index is 14.4. The Hall–Kier alpha value is -2.77. The van der Waals surface area contributed by atoms with Gasteiger partial charge in [0.25, 0.3) is 5.91 Å². The third-order valence-corrected chi connectivity index (χ3v) is 5.91. The van der Waals surface area contributed by atoms with E-state index in [9.17, 15) is 14.0 Å². The monoisotopic (exact) mass is 429 g/mol. The average Bonchev–Trinajstić information content (AvgIpc) is 3.12. The van der Waals surface area contributed by atoms with Gasteiger partial charge in [-0.3, -0.25) is 9.59 Å². The van der Waals surface area contributed by atoms with Crippen LogP contribution in [-0.2, 0) is 27.3 Å². The molecule has 5 nitrogen and oxygen atoms in total. The summed E-state index contributed by atoms with van der Waals surface area (Å²) in [5.74, 6) is -1.62. The number of rotatable bonds is 9. The molecule has 3 aromatic rings. The first-order valence-electron chi connectivity index (χ1n) is 9.72. The smallest absolute Gasteiger partial charge is 0.311 e. The lowest BCUT2D eigenvalue weighted by Crippen LogP contribution is -2.35. The minimum absolute atomic E-state index is 0.120. The van der Waals surface area contributed by atoms with E-state index in [0.717, 1.165) is 5.56 Å². The SMILES string of the molecule is CCOC(=O)C(CNC(=O)c1sc2cccc(F)c2c1COC)Cc1ccccc1. The lowest BCUT2D eigenvalue weighted by Gasteiger charge is -2.16. The number of carbonyl (C=O) groups is 2. The van der Waals surface area contributed by atoms with Gasteiger partial charge in [-0.25, -0.2) is 4.39 Å². The fraction of sp³-hybridized carbons (Fsp3) is 0.304. The quantitative estimate of drug-likeness (QED) is 0.514. The zero-order chi connectivity index (χ0) is 21.5. The molecule has 1 aromatic heterocycles. The Bertz CT molecular complexity index is 1020. The summed E-state index contributed by atoms with van der Waals surface area (Å²) >= 11 is 1.21. The number of hydrogen-bond donors (Lipinski definition) is 1. The molecular formula is C23H24FNO4S. The number of carbonyl (C=O) groups excluding carboxylic acids is 2. The zero-order valence-electron chi connectivity index (χ0n) is 16.9. The lowest BCUT2D eigenvalue weighted by molar-refractivity contribution is -0.147. The number of benzene rings is 2. The average molecular weight is 430 g/mol. The summed E-state index contributed by atoms with van der Waals surface area (Å²) in [7, 11) is 1.50. The molecular weight excluding hydrogens is 405 g/mol. The Balaban J connectivity index is 1.80. The zero-order valence-corrected chi connectivity index (χ0v) is 17.8. The highest BCUT2D eigenvalue weighted by Crippen LogP contribution is 2.33. The molecule has 0 aliphatic rings. The Morgan fingerprint density at radius 1 is 1.13 bits per heavy atom. The van der Waals surface area contributed by atoms with Crippen LogP contribution >= 0.6 is 11.3 Å². The van der Waals surface area contributed by atoms with E-state index in [1.807, 2.05) is 30.3 Å². The van der Waals surface area contributed by atoms with Crippen molar-refractivity contribution in [3.8, 4) is 0 Å². The standard InChI is InChI=1S/C23H24FNO4S/c1-3-29-23(27)16(12-15-8-5-4-6-9-15)13-25-22(26)21-17(14-28-2)20-18(24)10-7-11-19(20)30-21/h4-11,16H,3,12-14H2,1-2H3,(H,25,26). The lowest BCUT2D eigenvalue weighted by atomic mass is 9.99. The van der Waals surface area contributed by atoms with Gasteiger partial charge in [0.2, 0.25) is 0 Å². The highest BCUT2D eigenvalue weighted by Gasteiger charge is 2.24. The summed E-state index contributed by atoms with van der Waals surface area (Å²) in [5.41, 5.74) is 1.50. The molecule has 0 bridgehead atoms. The first-order chi connectivity index (χ1) is 14.5. The number of fused-ring (bicyclic) bond motifs is 1. The molecule has 0 aliphatic carbocycles. The Kier molecular flexibility index (Phi) is 7.54. The van der Waals surface area contributed by atoms with Gasteiger partial charge in [-0.2, -0.15) is 0 Å². The number of halogens is 1. The first kappa shape index (κ1) is 21.9. The molecule has 0 spiro atoms. The maximum absolute atomic E-state index is 14.4. The fourth-order valence-electron chi connectivity index (χ4n) is 3.33. The molecule has 1 heterocycles. The molecule has 1 amide bonds. The van der Waals surface area contributed by atoms with Crippen molar-refractivity contribution in [1.82, 2.24) is 5.32 Å². The van der Waals surface area contributed by atoms with Gasteiger partial charge in [0.15, 0.2) is 0 Å². The topological polar surface area (TPSA) is 64.6 Å². The van der Waals surface area contributed by atoms with Gasteiger partial charge in [0.1, 0.15) is 5.82 Å². The van der Waals surface area contributed by atoms with E-state index < -0.39 is 5.92 Å². The molecule has 30 heavy (non-hydrogen) atoms. The van der Waals surface area contributed by atoms with E-state index in [0.29, 0.717) is 26.9 Å². The minimum Gasteiger partial charge on any atom is -0.466 e. The van der Waals surface area contributed by atoms with Crippen molar-refractivity contribution in [3.63, 3.8) is 0 Å². The van der Waals surface area contributed by atoms with Gasteiger partial charge in [-0.15, -0.1) is 11.3 Å². The second-order valence-corrected chi connectivity index (χ2v) is 7.86. The number of methoxy groups -OCH3 is 1. The van der Waals surface area contributed by atoms with Crippen LogP contribution in [0.5, 0.6) is 0 Å². The number of ether oxygens (including phenoxy) is 2.